The van der Waals surface area contributed by atoms with Gasteiger partial charge >= 0.3 is 0 Å². The predicted molar refractivity (Wildman–Crippen MR) is 122 cm³/mol. The summed E-state index contributed by atoms with van der Waals surface area (Å²) in [5.74, 6) is 0.266. The Morgan fingerprint density at radius 2 is 1.61 bits per heavy atom. The van der Waals surface area contributed by atoms with Crippen LogP contribution in [0.4, 0.5) is 0 Å². The molecule has 0 aliphatic rings. The Bertz CT molecular complexity index is 1020. The molecule has 0 unspecified atom stereocenters. The van der Waals surface area contributed by atoms with Crippen molar-refractivity contribution in [1.82, 2.24) is 10.2 Å². The van der Waals surface area contributed by atoms with Crippen molar-refractivity contribution in [2.75, 3.05) is 7.11 Å². The van der Waals surface area contributed by atoms with Crippen LogP contribution in [0.2, 0.25) is 5.02 Å². The summed E-state index contributed by atoms with van der Waals surface area (Å²) in [5.41, 5.74) is 2.45. The highest BCUT2D eigenvalue weighted by Gasteiger charge is 2.29. The van der Waals surface area contributed by atoms with Gasteiger partial charge in [0.05, 0.1) is 7.11 Å². The number of nitrogens with one attached hydrogen (secondary N) is 1. The van der Waals surface area contributed by atoms with Crippen LogP contribution >= 0.6 is 11.6 Å². The Labute approximate surface area is 187 Å². The molecule has 2 amide bonds. The second-order valence-electron chi connectivity index (χ2n) is 7.12. The van der Waals surface area contributed by atoms with Gasteiger partial charge in [0.1, 0.15) is 11.8 Å². The van der Waals surface area contributed by atoms with Gasteiger partial charge in [-0.1, -0.05) is 72.3 Å². The molecule has 0 spiro atoms. The third kappa shape index (κ3) is 5.86. The molecule has 0 aromatic heterocycles. The van der Waals surface area contributed by atoms with Crippen molar-refractivity contribution < 1.29 is 14.3 Å². The van der Waals surface area contributed by atoms with Gasteiger partial charge in [0.2, 0.25) is 11.8 Å². The number of hydrogen-bond acceptors (Lipinski definition) is 3. The Kier molecular flexibility index (Phi) is 7.68. The fraction of sp³-hybridized carbons (Fsp3) is 0.200. The van der Waals surface area contributed by atoms with E-state index in [0.29, 0.717) is 11.6 Å². The second-order valence-corrected chi connectivity index (χ2v) is 7.52. The highest BCUT2D eigenvalue weighted by molar-refractivity contribution is 6.31. The number of carbonyl (C=O) groups excluding carboxylic acids is 2. The van der Waals surface area contributed by atoms with Gasteiger partial charge in [0.15, 0.2) is 0 Å². The minimum Gasteiger partial charge on any atom is -0.497 e. The molecular formula is C25H25ClN2O3. The number of benzene rings is 3. The summed E-state index contributed by atoms with van der Waals surface area (Å²) in [6.07, 6.45) is 0. The van der Waals surface area contributed by atoms with Gasteiger partial charge < -0.3 is 15.0 Å². The lowest BCUT2D eigenvalue weighted by molar-refractivity contribution is -0.140. The van der Waals surface area contributed by atoms with Crippen molar-refractivity contribution in [3.8, 4) is 5.75 Å². The first-order valence-corrected chi connectivity index (χ1v) is 10.3. The number of halogens is 1. The van der Waals surface area contributed by atoms with Gasteiger partial charge in [-0.3, -0.25) is 9.59 Å². The molecule has 160 valence electrons. The van der Waals surface area contributed by atoms with Crippen molar-refractivity contribution in [2.24, 2.45) is 0 Å². The fourth-order valence-electron chi connectivity index (χ4n) is 3.34. The molecular weight excluding hydrogens is 412 g/mol. The molecule has 0 fully saturated rings. The molecule has 1 N–H and O–H groups in total. The summed E-state index contributed by atoms with van der Waals surface area (Å²) >= 11 is 6.22. The van der Waals surface area contributed by atoms with Gasteiger partial charge in [0.25, 0.3) is 0 Å². The zero-order chi connectivity index (χ0) is 22.2. The normalized spacial score (nSPS) is 11.5. The molecule has 6 heteroatoms. The number of rotatable bonds is 8. The number of ether oxygens (including phenoxy) is 1. The minimum atomic E-state index is -0.775. The van der Waals surface area contributed by atoms with Crippen molar-refractivity contribution in [3.63, 3.8) is 0 Å². The first-order chi connectivity index (χ1) is 15.0. The van der Waals surface area contributed by atoms with Crippen LogP contribution in [0.3, 0.4) is 0 Å². The van der Waals surface area contributed by atoms with E-state index in [1.807, 2.05) is 72.8 Å². The molecule has 0 saturated carbocycles. The van der Waals surface area contributed by atoms with Crippen LogP contribution in [-0.2, 0) is 22.7 Å². The third-order valence-corrected chi connectivity index (χ3v) is 5.37. The van der Waals surface area contributed by atoms with Crippen LogP contribution in [0.25, 0.3) is 0 Å². The largest absolute Gasteiger partial charge is 0.497 e. The van der Waals surface area contributed by atoms with Crippen molar-refractivity contribution >= 4 is 23.4 Å². The zero-order valence-electron chi connectivity index (χ0n) is 17.5. The smallest absolute Gasteiger partial charge is 0.247 e. The highest BCUT2D eigenvalue weighted by atomic mass is 35.5. The lowest BCUT2D eigenvalue weighted by Gasteiger charge is -2.30. The monoisotopic (exact) mass is 436 g/mol. The van der Waals surface area contributed by atoms with Gasteiger partial charge in [-0.25, -0.2) is 0 Å². The summed E-state index contributed by atoms with van der Waals surface area (Å²) in [7, 11) is 1.60. The van der Waals surface area contributed by atoms with E-state index in [1.165, 1.54) is 6.92 Å². The maximum atomic E-state index is 13.3. The molecule has 0 heterocycles. The Hall–Kier alpha value is -3.31. The average molecular weight is 437 g/mol. The summed E-state index contributed by atoms with van der Waals surface area (Å²) < 4.78 is 5.20. The minimum absolute atomic E-state index is 0.197. The van der Waals surface area contributed by atoms with E-state index in [0.717, 1.165) is 22.4 Å². The van der Waals surface area contributed by atoms with Gasteiger partial charge in [-0.15, -0.1) is 0 Å². The van der Waals surface area contributed by atoms with Gasteiger partial charge in [0, 0.05) is 25.0 Å². The van der Waals surface area contributed by atoms with Crippen LogP contribution < -0.4 is 10.1 Å². The molecule has 0 aliphatic heterocycles. The van der Waals surface area contributed by atoms with E-state index >= 15 is 0 Å². The second kappa shape index (κ2) is 10.6. The molecule has 0 radical (unpaired) electrons. The van der Waals surface area contributed by atoms with E-state index in [1.54, 1.807) is 18.1 Å². The van der Waals surface area contributed by atoms with Gasteiger partial charge in [-0.2, -0.15) is 0 Å². The average Bonchev–Trinajstić information content (AvgIpc) is 2.79. The summed E-state index contributed by atoms with van der Waals surface area (Å²) in [5, 5.41) is 3.52. The van der Waals surface area contributed by atoms with Crippen LogP contribution in [0.5, 0.6) is 5.75 Å². The first kappa shape index (κ1) is 22.4. The molecule has 0 bridgehead atoms. The topological polar surface area (TPSA) is 58.6 Å². The van der Waals surface area contributed by atoms with E-state index in [4.69, 9.17) is 16.3 Å². The first-order valence-electron chi connectivity index (χ1n) is 9.96. The maximum absolute atomic E-state index is 13.3. The Balaban J connectivity index is 1.87. The lowest BCUT2D eigenvalue weighted by atomic mass is 10.0. The van der Waals surface area contributed by atoms with Crippen molar-refractivity contribution in [1.29, 1.82) is 0 Å². The molecule has 3 rings (SSSR count). The quantitative estimate of drug-likeness (QED) is 0.554. The summed E-state index contributed by atoms with van der Waals surface area (Å²) in [6.45, 7) is 2.04. The van der Waals surface area contributed by atoms with Crippen LogP contribution in [0, 0.1) is 0 Å². The molecule has 31 heavy (non-hydrogen) atoms. The number of nitrogens with zero attached hydrogens (tertiary/aromatic N) is 1. The molecule has 1 atom stereocenters. The SMILES string of the molecule is COc1ccc(CN(C(C)=O)[C@@H](C(=O)NCc2ccccc2Cl)c2ccccc2)cc1. The van der Waals surface area contributed by atoms with E-state index in [-0.39, 0.29) is 18.4 Å². The number of methoxy groups -OCH3 is 1. The Morgan fingerprint density at radius 3 is 2.23 bits per heavy atom. The third-order valence-electron chi connectivity index (χ3n) is 5.00. The number of carbonyl (C=O) groups is 2. The zero-order valence-corrected chi connectivity index (χ0v) is 18.3. The summed E-state index contributed by atoms with van der Waals surface area (Å²) in [6, 6.07) is 23.3. The predicted octanol–water partition coefficient (Wildman–Crippen LogP) is 4.75. The van der Waals surface area contributed by atoms with Crippen LogP contribution in [-0.4, -0.2) is 23.8 Å². The number of hydrogen-bond donors (Lipinski definition) is 1. The van der Waals surface area contributed by atoms with E-state index in [9.17, 15) is 9.59 Å². The molecule has 3 aromatic rings. The fourth-order valence-corrected chi connectivity index (χ4v) is 3.54. The van der Waals surface area contributed by atoms with Crippen molar-refractivity contribution in [2.45, 2.75) is 26.1 Å². The standard InChI is InChI=1S/C25H25ClN2O3/c1-18(29)28(17-19-12-14-22(31-2)15-13-19)24(20-8-4-3-5-9-20)25(30)27-16-21-10-6-7-11-23(21)26/h3-15,24H,16-17H2,1-2H3,(H,27,30)/t24-/m1/s1. The summed E-state index contributed by atoms with van der Waals surface area (Å²) in [4.78, 5) is 27.5. The lowest BCUT2D eigenvalue weighted by Crippen LogP contribution is -2.42. The van der Waals surface area contributed by atoms with E-state index in [2.05, 4.69) is 5.32 Å². The maximum Gasteiger partial charge on any atom is 0.247 e. The van der Waals surface area contributed by atoms with E-state index < -0.39 is 6.04 Å². The van der Waals surface area contributed by atoms with Crippen LogP contribution in [0.15, 0.2) is 78.9 Å². The number of amides is 2. The molecule has 0 aliphatic carbocycles. The molecule has 3 aromatic carbocycles. The van der Waals surface area contributed by atoms with Gasteiger partial charge in [-0.05, 0) is 34.9 Å². The Morgan fingerprint density at radius 1 is 0.968 bits per heavy atom. The molecule has 5 nitrogen and oxygen atoms in total. The highest BCUT2D eigenvalue weighted by Crippen LogP contribution is 2.25. The van der Waals surface area contributed by atoms with Crippen LogP contribution in [0.1, 0.15) is 29.7 Å². The van der Waals surface area contributed by atoms with Crippen molar-refractivity contribution in [3.05, 3.63) is 101 Å². The molecule has 0 saturated heterocycles.